The fourth-order valence-electron chi connectivity index (χ4n) is 2.07. The lowest BCUT2D eigenvalue weighted by Gasteiger charge is -2.19. The predicted octanol–water partition coefficient (Wildman–Crippen LogP) is 1.74. The second-order valence-corrected chi connectivity index (χ2v) is 4.63. The Balaban J connectivity index is 2.21. The van der Waals surface area contributed by atoms with E-state index in [2.05, 4.69) is 0 Å². The SMILES string of the molecule is COc1cc(C=CC(=O)N2CCC=CC2=O)cc(OC)c1O. The van der Waals surface area contributed by atoms with Crippen LogP contribution < -0.4 is 9.47 Å². The van der Waals surface area contributed by atoms with Crippen molar-refractivity contribution in [1.82, 2.24) is 4.90 Å². The summed E-state index contributed by atoms with van der Waals surface area (Å²) >= 11 is 0. The second-order valence-electron chi connectivity index (χ2n) is 4.63. The van der Waals surface area contributed by atoms with Crippen LogP contribution in [0.1, 0.15) is 12.0 Å². The van der Waals surface area contributed by atoms with Gasteiger partial charge < -0.3 is 14.6 Å². The summed E-state index contributed by atoms with van der Waals surface area (Å²) in [5.41, 5.74) is 0.611. The van der Waals surface area contributed by atoms with Crippen molar-refractivity contribution in [3.63, 3.8) is 0 Å². The largest absolute Gasteiger partial charge is 0.502 e. The predicted molar refractivity (Wildman–Crippen MR) is 80.7 cm³/mol. The normalized spacial score (nSPS) is 14.5. The van der Waals surface area contributed by atoms with Gasteiger partial charge in [-0.3, -0.25) is 14.5 Å². The molecule has 0 spiro atoms. The third-order valence-corrected chi connectivity index (χ3v) is 3.23. The third-order valence-electron chi connectivity index (χ3n) is 3.23. The zero-order valence-electron chi connectivity index (χ0n) is 12.4. The number of nitrogens with zero attached hydrogens (tertiary/aromatic N) is 1. The van der Waals surface area contributed by atoms with Gasteiger partial charge in [-0.05, 0) is 36.3 Å². The fraction of sp³-hybridized carbons (Fsp3) is 0.250. The molecule has 1 N–H and O–H groups in total. The maximum atomic E-state index is 12.0. The molecule has 1 aromatic rings. The molecule has 116 valence electrons. The number of aromatic hydroxyl groups is 1. The quantitative estimate of drug-likeness (QED) is 0.857. The van der Waals surface area contributed by atoms with Gasteiger partial charge in [-0.25, -0.2) is 0 Å². The van der Waals surface area contributed by atoms with Crippen LogP contribution >= 0.6 is 0 Å². The standard InChI is InChI=1S/C16H17NO5/c1-21-12-9-11(10-13(22-2)16(12)20)6-7-15(19)17-8-4-3-5-14(17)18/h3,5-7,9-10,20H,4,8H2,1-2H3. The van der Waals surface area contributed by atoms with E-state index in [0.29, 0.717) is 18.5 Å². The van der Waals surface area contributed by atoms with Gasteiger partial charge in [-0.1, -0.05) is 6.08 Å². The number of carbonyl (C=O) groups excluding carboxylic acids is 2. The molecule has 2 amide bonds. The van der Waals surface area contributed by atoms with Gasteiger partial charge in [-0.2, -0.15) is 0 Å². The molecule has 0 fully saturated rings. The van der Waals surface area contributed by atoms with Gasteiger partial charge in [0.2, 0.25) is 5.75 Å². The van der Waals surface area contributed by atoms with Gasteiger partial charge in [0.25, 0.3) is 11.8 Å². The Kier molecular flexibility index (Phi) is 4.83. The van der Waals surface area contributed by atoms with Crippen LogP contribution in [0.2, 0.25) is 0 Å². The van der Waals surface area contributed by atoms with Crippen molar-refractivity contribution in [1.29, 1.82) is 0 Å². The van der Waals surface area contributed by atoms with E-state index in [1.54, 1.807) is 24.3 Å². The number of rotatable bonds is 4. The van der Waals surface area contributed by atoms with Crippen LogP contribution in [0.3, 0.4) is 0 Å². The Morgan fingerprint density at radius 3 is 2.45 bits per heavy atom. The maximum absolute atomic E-state index is 12.0. The topological polar surface area (TPSA) is 76.1 Å². The van der Waals surface area contributed by atoms with Gasteiger partial charge in [-0.15, -0.1) is 0 Å². The van der Waals surface area contributed by atoms with Gasteiger partial charge >= 0.3 is 0 Å². The molecule has 0 atom stereocenters. The molecule has 6 nitrogen and oxygen atoms in total. The summed E-state index contributed by atoms with van der Waals surface area (Å²) in [6.07, 6.45) is 6.64. The van der Waals surface area contributed by atoms with Crippen molar-refractivity contribution < 1.29 is 24.2 Å². The van der Waals surface area contributed by atoms with Crippen LogP contribution in [0.4, 0.5) is 0 Å². The molecular formula is C16H17NO5. The Bertz CT molecular complexity index is 623. The summed E-state index contributed by atoms with van der Waals surface area (Å²) < 4.78 is 10.1. The zero-order chi connectivity index (χ0) is 16.1. The van der Waals surface area contributed by atoms with Gasteiger partial charge in [0.05, 0.1) is 14.2 Å². The summed E-state index contributed by atoms with van der Waals surface area (Å²) in [5, 5.41) is 9.83. The fourth-order valence-corrected chi connectivity index (χ4v) is 2.07. The van der Waals surface area contributed by atoms with E-state index in [1.165, 1.54) is 31.3 Å². The highest BCUT2D eigenvalue weighted by Gasteiger charge is 2.19. The lowest BCUT2D eigenvalue weighted by molar-refractivity contribution is -0.139. The first kappa shape index (κ1) is 15.6. The molecule has 1 heterocycles. The van der Waals surface area contributed by atoms with Crippen LogP contribution in [-0.2, 0) is 9.59 Å². The molecule has 1 aliphatic heterocycles. The van der Waals surface area contributed by atoms with E-state index in [4.69, 9.17) is 9.47 Å². The molecule has 1 aromatic carbocycles. The molecule has 0 aliphatic carbocycles. The van der Waals surface area contributed by atoms with Crippen molar-refractivity contribution in [2.45, 2.75) is 6.42 Å². The molecule has 22 heavy (non-hydrogen) atoms. The smallest absolute Gasteiger partial charge is 0.253 e. The van der Waals surface area contributed by atoms with Crippen LogP contribution in [0, 0.1) is 0 Å². The minimum Gasteiger partial charge on any atom is -0.502 e. The molecule has 6 heteroatoms. The molecular weight excluding hydrogens is 286 g/mol. The van der Waals surface area contributed by atoms with E-state index >= 15 is 0 Å². The monoisotopic (exact) mass is 303 g/mol. The van der Waals surface area contributed by atoms with Gasteiger partial charge in [0, 0.05) is 12.6 Å². The Hall–Kier alpha value is -2.76. The number of phenols is 1. The first-order chi connectivity index (χ1) is 10.6. The third kappa shape index (κ3) is 3.28. The average molecular weight is 303 g/mol. The van der Waals surface area contributed by atoms with Crippen molar-refractivity contribution in [3.8, 4) is 17.2 Å². The van der Waals surface area contributed by atoms with E-state index < -0.39 is 0 Å². The van der Waals surface area contributed by atoms with Gasteiger partial charge in [0.1, 0.15) is 0 Å². The highest BCUT2D eigenvalue weighted by atomic mass is 16.5. The number of carbonyl (C=O) groups is 2. The molecule has 0 unspecified atom stereocenters. The van der Waals surface area contributed by atoms with Crippen molar-refractivity contribution in [3.05, 3.63) is 35.9 Å². The summed E-state index contributed by atoms with van der Waals surface area (Å²) in [5.74, 6) is -0.334. The van der Waals surface area contributed by atoms with Crippen LogP contribution in [0.15, 0.2) is 30.4 Å². The van der Waals surface area contributed by atoms with E-state index in [1.807, 2.05) is 0 Å². The molecule has 2 rings (SSSR count). The number of methoxy groups -OCH3 is 2. The highest BCUT2D eigenvalue weighted by Crippen LogP contribution is 2.37. The Morgan fingerprint density at radius 2 is 1.91 bits per heavy atom. The second kappa shape index (κ2) is 6.80. The van der Waals surface area contributed by atoms with Crippen LogP contribution in [0.5, 0.6) is 17.2 Å². The van der Waals surface area contributed by atoms with E-state index in [-0.39, 0.29) is 29.1 Å². The van der Waals surface area contributed by atoms with Crippen LogP contribution in [0.25, 0.3) is 6.08 Å². The summed E-state index contributed by atoms with van der Waals surface area (Å²) in [7, 11) is 2.84. The molecule has 0 saturated heterocycles. The van der Waals surface area contributed by atoms with Crippen molar-refractivity contribution in [2.24, 2.45) is 0 Å². The highest BCUT2D eigenvalue weighted by molar-refractivity contribution is 6.06. The minimum absolute atomic E-state index is 0.107. The lowest BCUT2D eigenvalue weighted by atomic mass is 10.1. The number of benzene rings is 1. The number of hydrogen-bond donors (Lipinski definition) is 1. The first-order valence-electron chi connectivity index (χ1n) is 6.72. The molecule has 0 bridgehead atoms. The molecule has 1 aliphatic rings. The van der Waals surface area contributed by atoms with Gasteiger partial charge in [0.15, 0.2) is 11.5 Å². The van der Waals surface area contributed by atoms with Crippen molar-refractivity contribution >= 4 is 17.9 Å². The van der Waals surface area contributed by atoms with Crippen molar-refractivity contribution in [2.75, 3.05) is 20.8 Å². The van der Waals surface area contributed by atoms with E-state index in [0.717, 1.165) is 0 Å². The lowest BCUT2D eigenvalue weighted by Crippen LogP contribution is -2.37. The molecule has 0 saturated carbocycles. The average Bonchev–Trinajstić information content (AvgIpc) is 2.54. The van der Waals surface area contributed by atoms with E-state index in [9.17, 15) is 14.7 Å². The number of imide groups is 1. The summed E-state index contributed by atoms with van der Waals surface area (Å²) in [6.45, 7) is 0.376. The maximum Gasteiger partial charge on any atom is 0.253 e. The minimum atomic E-state index is -0.389. The molecule has 0 aromatic heterocycles. The molecule has 0 radical (unpaired) electrons. The Morgan fingerprint density at radius 1 is 1.27 bits per heavy atom. The number of phenolic OH excluding ortho intramolecular Hbond substituents is 1. The Labute approximate surface area is 128 Å². The number of amides is 2. The first-order valence-corrected chi connectivity index (χ1v) is 6.72. The number of hydrogen-bond acceptors (Lipinski definition) is 5. The summed E-state index contributed by atoms with van der Waals surface area (Å²) in [6, 6.07) is 3.14. The number of ether oxygens (including phenoxy) is 2. The zero-order valence-corrected chi connectivity index (χ0v) is 12.4. The summed E-state index contributed by atoms with van der Waals surface area (Å²) in [4.78, 5) is 24.8. The van der Waals surface area contributed by atoms with Crippen LogP contribution in [-0.4, -0.2) is 42.6 Å².